The Morgan fingerprint density at radius 1 is 0.864 bits per heavy atom. The van der Waals surface area contributed by atoms with Gasteiger partial charge in [-0.15, -0.1) is 0 Å². The zero-order valence-electron chi connectivity index (χ0n) is 13.0. The second-order valence-corrected chi connectivity index (χ2v) is 8.15. The Morgan fingerprint density at radius 2 is 1.45 bits per heavy atom. The van der Waals surface area contributed by atoms with Gasteiger partial charge in [0.05, 0.1) is 5.69 Å². The number of nitrogens with zero attached hydrogens (tertiary/aromatic N) is 2. The van der Waals surface area contributed by atoms with Crippen LogP contribution < -0.4 is 10.6 Å². The lowest BCUT2D eigenvalue weighted by atomic mass is 10.2. The Balaban J connectivity index is 1.99. The zero-order valence-corrected chi connectivity index (χ0v) is 13.8. The molecule has 2 aliphatic rings. The number of rotatable bonds is 3. The molecular weight excluding hydrogens is 298 g/mol. The van der Waals surface area contributed by atoms with Crippen molar-refractivity contribution >= 4 is 21.4 Å². The topological polar surface area (TPSA) is 66.6 Å². The maximum Gasteiger partial charge on any atom is 0.245 e. The summed E-state index contributed by atoms with van der Waals surface area (Å²) in [6, 6.07) is 5.30. The highest BCUT2D eigenvalue weighted by atomic mass is 32.2. The van der Waals surface area contributed by atoms with Crippen molar-refractivity contribution in [3.05, 3.63) is 18.2 Å². The van der Waals surface area contributed by atoms with Gasteiger partial charge < -0.3 is 10.6 Å². The first kappa shape index (κ1) is 15.6. The lowest BCUT2D eigenvalue weighted by molar-refractivity contribution is 0.424. The zero-order chi connectivity index (χ0) is 15.6. The van der Waals surface area contributed by atoms with Gasteiger partial charge in [-0.05, 0) is 43.9 Å². The van der Waals surface area contributed by atoms with E-state index in [1.165, 1.54) is 0 Å². The predicted octanol–water partition coefficient (Wildman–Crippen LogP) is 2.43. The molecule has 1 aromatic carbocycles. The van der Waals surface area contributed by atoms with E-state index in [4.69, 9.17) is 5.73 Å². The monoisotopic (exact) mass is 323 g/mol. The van der Waals surface area contributed by atoms with E-state index in [-0.39, 0.29) is 0 Å². The van der Waals surface area contributed by atoms with Gasteiger partial charge in [-0.3, -0.25) is 0 Å². The molecule has 0 amide bonds. The van der Waals surface area contributed by atoms with Crippen molar-refractivity contribution < 1.29 is 8.42 Å². The molecule has 0 saturated carbocycles. The molecule has 2 heterocycles. The first-order valence-corrected chi connectivity index (χ1v) is 9.68. The van der Waals surface area contributed by atoms with E-state index in [0.29, 0.717) is 23.7 Å². The predicted molar refractivity (Wildman–Crippen MR) is 89.5 cm³/mol. The minimum atomic E-state index is -3.46. The van der Waals surface area contributed by atoms with E-state index < -0.39 is 10.0 Å². The summed E-state index contributed by atoms with van der Waals surface area (Å²) >= 11 is 0. The summed E-state index contributed by atoms with van der Waals surface area (Å²) < 4.78 is 27.9. The molecule has 2 fully saturated rings. The van der Waals surface area contributed by atoms with Gasteiger partial charge in [0.2, 0.25) is 10.0 Å². The van der Waals surface area contributed by atoms with E-state index in [0.717, 1.165) is 57.3 Å². The number of sulfonamides is 1. The van der Waals surface area contributed by atoms with Crippen molar-refractivity contribution in [1.82, 2.24) is 4.31 Å². The Hall–Kier alpha value is -1.27. The second kappa shape index (κ2) is 6.46. The molecule has 3 rings (SSSR count). The SMILES string of the molecule is Nc1ccc(N2CCCC2)c(S(=O)(=O)N2CCCCCC2)c1. The van der Waals surface area contributed by atoms with E-state index in [1.54, 1.807) is 16.4 Å². The molecule has 2 N–H and O–H groups in total. The fourth-order valence-corrected chi connectivity index (χ4v) is 5.14. The third-order valence-electron chi connectivity index (χ3n) is 4.61. The summed E-state index contributed by atoms with van der Waals surface area (Å²) in [5, 5.41) is 0. The van der Waals surface area contributed by atoms with E-state index >= 15 is 0 Å². The number of hydrogen-bond donors (Lipinski definition) is 1. The first-order chi connectivity index (χ1) is 10.6. The molecule has 0 unspecified atom stereocenters. The van der Waals surface area contributed by atoms with Crippen molar-refractivity contribution in [1.29, 1.82) is 0 Å². The van der Waals surface area contributed by atoms with Crippen LogP contribution in [0, 0.1) is 0 Å². The Morgan fingerprint density at radius 3 is 2.09 bits per heavy atom. The van der Waals surface area contributed by atoms with Gasteiger partial charge in [0, 0.05) is 31.9 Å². The van der Waals surface area contributed by atoms with Crippen LogP contribution >= 0.6 is 0 Å². The Kier molecular flexibility index (Phi) is 4.59. The minimum absolute atomic E-state index is 0.385. The largest absolute Gasteiger partial charge is 0.399 e. The summed E-state index contributed by atoms with van der Waals surface area (Å²) in [5.74, 6) is 0. The molecule has 0 aromatic heterocycles. The van der Waals surface area contributed by atoms with Gasteiger partial charge in [-0.2, -0.15) is 4.31 Å². The molecule has 1 aromatic rings. The number of nitrogen functional groups attached to an aromatic ring is 1. The van der Waals surface area contributed by atoms with Crippen LogP contribution in [-0.4, -0.2) is 38.9 Å². The highest BCUT2D eigenvalue weighted by Crippen LogP contribution is 2.32. The molecule has 122 valence electrons. The molecule has 0 radical (unpaired) electrons. The van der Waals surface area contributed by atoms with Crippen LogP contribution in [0.2, 0.25) is 0 Å². The average molecular weight is 323 g/mol. The maximum absolute atomic E-state index is 13.1. The fourth-order valence-electron chi connectivity index (χ4n) is 3.38. The quantitative estimate of drug-likeness (QED) is 0.868. The van der Waals surface area contributed by atoms with Gasteiger partial charge in [0.15, 0.2) is 0 Å². The van der Waals surface area contributed by atoms with Crippen molar-refractivity contribution in [2.45, 2.75) is 43.4 Å². The van der Waals surface area contributed by atoms with Gasteiger partial charge in [-0.1, -0.05) is 12.8 Å². The number of benzene rings is 1. The normalized spacial score (nSPS) is 21.0. The third-order valence-corrected chi connectivity index (χ3v) is 6.54. The lowest BCUT2D eigenvalue weighted by Gasteiger charge is -2.26. The van der Waals surface area contributed by atoms with Crippen molar-refractivity contribution in [3.63, 3.8) is 0 Å². The summed E-state index contributed by atoms with van der Waals surface area (Å²) in [5.41, 5.74) is 7.21. The van der Waals surface area contributed by atoms with Gasteiger partial charge in [0.1, 0.15) is 4.90 Å². The maximum atomic E-state index is 13.1. The van der Waals surface area contributed by atoms with Crippen LogP contribution in [0.1, 0.15) is 38.5 Å². The molecule has 2 aliphatic heterocycles. The number of nitrogens with two attached hydrogens (primary N) is 1. The molecular formula is C16H25N3O2S. The number of hydrogen-bond acceptors (Lipinski definition) is 4. The lowest BCUT2D eigenvalue weighted by Crippen LogP contribution is -2.33. The van der Waals surface area contributed by atoms with Crippen LogP contribution in [0.4, 0.5) is 11.4 Å². The smallest absolute Gasteiger partial charge is 0.245 e. The van der Waals surface area contributed by atoms with Crippen LogP contribution in [0.3, 0.4) is 0 Å². The molecule has 0 spiro atoms. The Bertz CT molecular complexity index is 616. The fraction of sp³-hybridized carbons (Fsp3) is 0.625. The van der Waals surface area contributed by atoms with Gasteiger partial charge in [-0.25, -0.2) is 8.42 Å². The molecule has 5 nitrogen and oxygen atoms in total. The van der Waals surface area contributed by atoms with Crippen LogP contribution in [0.15, 0.2) is 23.1 Å². The van der Waals surface area contributed by atoms with E-state index in [1.807, 2.05) is 6.07 Å². The van der Waals surface area contributed by atoms with Crippen LogP contribution in [0.25, 0.3) is 0 Å². The minimum Gasteiger partial charge on any atom is -0.399 e. The number of anilines is 2. The summed E-state index contributed by atoms with van der Waals surface area (Å²) in [6.45, 7) is 3.09. The van der Waals surface area contributed by atoms with Crippen molar-refractivity contribution in [3.8, 4) is 0 Å². The summed E-state index contributed by atoms with van der Waals surface area (Å²) in [4.78, 5) is 2.56. The van der Waals surface area contributed by atoms with Crippen molar-refractivity contribution in [2.24, 2.45) is 0 Å². The molecule has 6 heteroatoms. The van der Waals surface area contributed by atoms with Crippen LogP contribution in [-0.2, 0) is 10.0 Å². The first-order valence-electron chi connectivity index (χ1n) is 8.24. The molecule has 0 aliphatic carbocycles. The molecule has 0 atom stereocenters. The van der Waals surface area contributed by atoms with E-state index in [9.17, 15) is 8.42 Å². The summed E-state index contributed by atoms with van der Waals surface area (Å²) in [6.07, 6.45) is 6.35. The second-order valence-electron chi connectivity index (χ2n) is 6.24. The molecule has 2 saturated heterocycles. The van der Waals surface area contributed by atoms with Gasteiger partial charge >= 0.3 is 0 Å². The van der Waals surface area contributed by atoms with Crippen molar-refractivity contribution in [2.75, 3.05) is 36.8 Å². The highest BCUT2D eigenvalue weighted by Gasteiger charge is 2.30. The van der Waals surface area contributed by atoms with Gasteiger partial charge in [0.25, 0.3) is 0 Å². The summed E-state index contributed by atoms with van der Waals surface area (Å²) in [7, 11) is -3.46. The van der Waals surface area contributed by atoms with E-state index in [2.05, 4.69) is 4.90 Å². The van der Waals surface area contributed by atoms with Crippen LogP contribution in [0.5, 0.6) is 0 Å². The Labute approximate surface area is 133 Å². The average Bonchev–Trinajstić information content (AvgIpc) is 2.88. The molecule has 0 bridgehead atoms. The third kappa shape index (κ3) is 3.08. The highest BCUT2D eigenvalue weighted by molar-refractivity contribution is 7.89. The molecule has 22 heavy (non-hydrogen) atoms. The standard InChI is InChI=1S/C16H25N3O2S/c17-14-7-8-15(18-9-5-6-10-18)16(13-14)22(20,21)19-11-3-1-2-4-12-19/h7-8,13H,1-6,9-12,17H2.